The van der Waals surface area contributed by atoms with Crippen molar-refractivity contribution in [3.8, 4) is 0 Å². The maximum atomic E-state index is 11.2. The van der Waals surface area contributed by atoms with E-state index in [9.17, 15) is 4.79 Å². The number of amides is 1. The zero-order valence-corrected chi connectivity index (χ0v) is 9.43. The molecule has 3 nitrogen and oxygen atoms in total. The summed E-state index contributed by atoms with van der Waals surface area (Å²) in [4.78, 5) is 11.4. The molecular weight excluding hydrogens is 208 g/mol. The molecule has 0 unspecified atom stereocenters. The van der Waals surface area contributed by atoms with Crippen molar-refractivity contribution in [2.75, 3.05) is 0 Å². The topological polar surface area (TPSA) is 55.1 Å². The Morgan fingerprint density at radius 2 is 2.00 bits per heavy atom. The van der Waals surface area contributed by atoms with Gasteiger partial charge in [-0.15, -0.1) is 0 Å². The van der Waals surface area contributed by atoms with Crippen LogP contribution < -0.4 is 11.1 Å². The number of thiocarbonyl (C=S) groups is 1. The summed E-state index contributed by atoms with van der Waals surface area (Å²) in [6.45, 7) is 2.54. The van der Waals surface area contributed by atoms with E-state index >= 15 is 0 Å². The number of hydrogen-bond acceptors (Lipinski definition) is 2. The highest BCUT2D eigenvalue weighted by Gasteiger charge is 2.02. The van der Waals surface area contributed by atoms with Crippen molar-refractivity contribution in [1.82, 2.24) is 5.32 Å². The van der Waals surface area contributed by atoms with Gasteiger partial charge in [-0.05, 0) is 12.5 Å². The van der Waals surface area contributed by atoms with Crippen molar-refractivity contribution >= 4 is 23.1 Å². The van der Waals surface area contributed by atoms with Gasteiger partial charge in [0, 0.05) is 6.54 Å². The van der Waals surface area contributed by atoms with Crippen LogP contribution in [-0.2, 0) is 11.3 Å². The van der Waals surface area contributed by atoms with E-state index in [-0.39, 0.29) is 17.3 Å². The summed E-state index contributed by atoms with van der Waals surface area (Å²) >= 11 is 4.64. The second kappa shape index (κ2) is 5.46. The van der Waals surface area contributed by atoms with Gasteiger partial charge in [-0.25, -0.2) is 0 Å². The molecule has 1 rings (SSSR count). The molecule has 0 bridgehead atoms. The van der Waals surface area contributed by atoms with Gasteiger partial charge in [-0.1, -0.05) is 42.0 Å². The third-order valence-corrected chi connectivity index (χ3v) is 2.09. The van der Waals surface area contributed by atoms with Crippen molar-refractivity contribution in [3.63, 3.8) is 0 Å². The molecule has 80 valence electrons. The summed E-state index contributed by atoms with van der Waals surface area (Å²) < 4.78 is 0. The zero-order chi connectivity index (χ0) is 11.3. The largest absolute Gasteiger partial charge is 0.393 e. The lowest BCUT2D eigenvalue weighted by atomic mass is 10.1. The minimum Gasteiger partial charge on any atom is -0.393 e. The van der Waals surface area contributed by atoms with Gasteiger partial charge in [-0.3, -0.25) is 4.79 Å². The summed E-state index contributed by atoms with van der Waals surface area (Å²) in [5, 5.41) is 2.74. The standard InChI is InChI=1S/C11H14N2OS/c1-8-2-4-9(5-3-8)7-13-11(14)6-10(12)15/h2-5H,6-7H2,1H3,(H2,12,15)(H,13,14). The minimum atomic E-state index is -0.136. The van der Waals surface area contributed by atoms with Crippen LogP contribution in [-0.4, -0.2) is 10.9 Å². The summed E-state index contributed by atoms with van der Waals surface area (Å²) in [6, 6.07) is 7.98. The molecule has 1 aromatic carbocycles. The molecule has 4 heteroatoms. The first-order valence-corrected chi connectivity index (χ1v) is 5.09. The van der Waals surface area contributed by atoms with Gasteiger partial charge in [0.05, 0.1) is 11.4 Å². The average Bonchev–Trinajstić information content (AvgIpc) is 2.16. The van der Waals surface area contributed by atoms with Gasteiger partial charge in [0.15, 0.2) is 0 Å². The van der Waals surface area contributed by atoms with E-state index in [4.69, 9.17) is 5.73 Å². The quantitative estimate of drug-likeness (QED) is 0.755. The Morgan fingerprint density at radius 3 is 2.53 bits per heavy atom. The predicted octanol–water partition coefficient (Wildman–Crippen LogP) is 1.29. The van der Waals surface area contributed by atoms with Crippen LogP contribution in [0.5, 0.6) is 0 Å². The lowest BCUT2D eigenvalue weighted by molar-refractivity contribution is -0.120. The zero-order valence-electron chi connectivity index (χ0n) is 8.62. The molecule has 0 aliphatic rings. The molecule has 0 saturated heterocycles. The van der Waals surface area contributed by atoms with Gasteiger partial charge < -0.3 is 11.1 Å². The van der Waals surface area contributed by atoms with Gasteiger partial charge in [-0.2, -0.15) is 0 Å². The maximum absolute atomic E-state index is 11.2. The van der Waals surface area contributed by atoms with Crippen LogP contribution in [0.2, 0.25) is 0 Å². The Hall–Kier alpha value is -1.42. The Kier molecular flexibility index (Phi) is 4.24. The van der Waals surface area contributed by atoms with Crippen LogP contribution in [0.3, 0.4) is 0 Å². The fourth-order valence-corrected chi connectivity index (χ4v) is 1.26. The number of carbonyl (C=O) groups excluding carboxylic acids is 1. The van der Waals surface area contributed by atoms with Crippen LogP contribution in [0.4, 0.5) is 0 Å². The van der Waals surface area contributed by atoms with Crippen LogP contribution >= 0.6 is 12.2 Å². The first-order chi connectivity index (χ1) is 7.08. The lowest BCUT2D eigenvalue weighted by Crippen LogP contribution is -2.27. The highest BCUT2D eigenvalue weighted by molar-refractivity contribution is 7.80. The van der Waals surface area contributed by atoms with Crippen molar-refractivity contribution in [2.24, 2.45) is 5.73 Å². The molecule has 0 aliphatic heterocycles. The third-order valence-electron chi connectivity index (χ3n) is 1.95. The van der Waals surface area contributed by atoms with Gasteiger partial charge in [0.1, 0.15) is 0 Å². The number of benzene rings is 1. The van der Waals surface area contributed by atoms with Gasteiger partial charge >= 0.3 is 0 Å². The summed E-state index contributed by atoms with van der Waals surface area (Å²) in [5.41, 5.74) is 7.52. The fraction of sp³-hybridized carbons (Fsp3) is 0.273. The van der Waals surface area contributed by atoms with E-state index < -0.39 is 0 Å². The molecule has 0 aromatic heterocycles. The first-order valence-electron chi connectivity index (χ1n) is 4.68. The molecule has 0 spiro atoms. The van der Waals surface area contributed by atoms with Crippen molar-refractivity contribution < 1.29 is 4.79 Å². The monoisotopic (exact) mass is 222 g/mol. The molecule has 0 aliphatic carbocycles. The Morgan fingerprint density at radius 1 is 1.40 bits per heavy atom. The first kappa shape index (κ1) is 11.7. The van der Waals surface area contributed by atoms with Crippen molar-refractivity contribution in [3.05, 3.63) is 35.4 Å². The average molecular weight is 222 g/mol. The molecule has 0 atom stereocenters. The van der Waals surface area contributed by atoms with E-state index in [1.807, 2.05) is 31.2 Å². The number of hydrogen-bond donors (Lipinski definition) is 2. The van der Waals surface area contributed by atoms with E-state index in [1.165, 1.54) is 5.56 Å². The summed E-state index contributed by atoms with van der Waals surface area (Å²) in [7, 11) is 0. The number of rotatable bonds is 4. The van der Waals surface area contributed by atoms with E-state index in [2.05, 4.69) is 17.5 Å². The maximum Gasteiger partial charge on any atom is 0.227 e. The SMILES string of the molecule is Cc1ccc(CNC(=O)CC(N)=S)cc1. The van der Waals surface area contributed by atoms with Gasteiger partial charge in [0.25, 0.3) is 0 Å². The Bertz CT molecular complexity index is 359. The molecule has 0 fully saturated rings. The molecule has 0 radical (unpaired) electrons. The number of nitrogens with two attached hydrogens (primary N) is 1. The summed E-state index contributed by atoms with van der Waals surface area (Å²) in [6.07, 6.45) is 0.112. The molecule has 1 amide bonds. The lowest BCUT2D eigenvalue weighted by Gasteiger charge is -2.04. The number of carbonyl (C=O) groups is 1. The molecule has 0 saturated carbocycles. The highest BCUT2D eigenvalue weighted by atomic mass is 32.1. The predicted molar refractivity (Wildman–Crippen MR) is 64.4 cm³/mol. The highest BCUT2D eigenvalue weighted by Crippen LogP contribution is 2.02. The van der Waals surface area contributed by atoms with Gasteiger partial charge in [0.2, 0.25) is 5.91 Å². The fourth-order valence-electron chi connectivity index (χ4n) is 1.13. The Labute approximate surface area is 94.7 Å². The summed E-state index contributed by atoms with van der Waals surface area (Å²) in [5.74, 6) is -0.136. The van der Waals surface area contributed by atoms with E-state index in [1.54, 1.807) is 0 Å². The van der Waals surface area contributed by atoms with Crippen LogP contribution in [0.25, 0.3) is 0 Å². The van der Waals surface area contributed by atoms with Crippen LogP contribution in [0.1, 0.15) is 17.5 Å². The van der Waals surface area contributed by atoms with Crippen molar-refractivity contribution in [2.45, 2.75) is 19.9 Å². The van der Waals surface area contributed by atoms with E-state index in [0.717, 1.165) is 5.56 Å². The van der Waals surface area contributed by atoms with Crippen LogP contribution in [0, 0.1) is 6.92 Å². The molecule has 3 N–H and O–H groups in total. The second-order valence-corrected chi connectivity index (χ2v) is 3.93. The second-order valence-electron chi connectivity index (χ2n) is 3.41. The third kappa shape index (κ3) is 4.56. The van der Waals surface area contributed by atoms with E-state index in [0.29, 0.717) is 6.54 Å². The number of nitrogens with one attached hydrogen (secondary N) is 1. The van der Waals surface area contributed by atoms with Crippen LogP contribution in [0.15, 0.2) is 24.3 Å². The molecule has 0 heterocycles. The molecule has 15 heavy (non-hydrogen) atoms. The molecular formula is C11H14N2OS. The molecule has 1 aromatic rings. The normalized spacial score (nSPS) is 9.67. The number of aryl methyl sites for hydroxylation is 1. The van der Waals surface area contributed by atoms with Crippen molar-refractivity contribution in [1.29, 1.82) is 0 Å². The smallest absolute Gasteiger partial charge is 0.227 e. The Balaban J connectivity index is 2.40. The minimum absolute atomic E-state index is 0.112.